The van der Waals surface area contributed by atoms with Crippen molar-refractivity contribution in [2.75, 3.05) is 0 Å². The predicted octanol–water partition coefficient (Wildman–Crippen LogP) is 14.3. The van der Waals surface area contributed by atoms with Gasteiger partial charge in [-0.3, -0.25) is 4.57 Å². The zero-order chi connectivity index (χ0) is 40.2. The number of nitrogens with zero attached hydrogens (tertiary/aromatic N) is 4. The van der Waals surface area contributed by atoms with E-state index in [1.165, 1.54) is 44.5 Å². The fraction of sp³-hybridized carbons (Fsp3) is 0.269. The Labute approximate surface area is 338 Å². The van der Waals surface area contributed by atoms with Crippen molar-refractivity contribution in [1.29, 1.82) is 0 Å². The molecule has 0 bridgehead atoms. The van der Waals surface area contributed by atoms with Crippen molar-refractivity contribution in [1.82, 2.24) is 19.3 Å². The molecule has 0 aliphatic rings. The molecule has 3 aromatic heterocycles. The molecule has 0 unspecified atom stereocenters. The van der Waals surface area contributed by atoms with Gasteiger partial charge in [-0.2, -0.15) is 5.10 Å². The van der Waals surface area contributed by atoms with Crippen molar-refractivity contribution < 1.29 is 4.74 Å². The average Bonchev–Trinajstić information content (AvgIpc) is 3.75. The minimum atomic E-state index is -0.126. The largest absolute Gasteiger partial charge is 0.457 e. The van der Waals surface area contributed by atoms with Gasteiger partial charge in [-0.1, -0.05) is 136 Å². The highest BCUT2D eigenvalue weighted by molar-refractivity contribution is 6.10. The number of ether oxygens (including phenoxy) is 1. The van der Waals surface area contributed by atoms with E-state index in [2.05, 4.69) is 206 Å². The highest BCUT2D eigenvalue weighted by Gasteiger charge is 2.26. The molecule has 0 aliphatic carbocycles. The molecule has 5 nitrogen and oxygen atoms in total. The summed E-state index contributed by atoms with van der Waals surface area (Å²) >= 11 is 0. The molecule has 0 saturated heterocycles. The van der Waals surface area contributed by atoms with Gasteiger partial charge in [0.15, 0.2) is 0 Å². The first-order valence-corrected chi connectivity index (χ1v) is 20.3. The maximum Gasteiger partial charge on any atom is 0.137 e. The van der Waals surface area contributed by atoms with Crippen LogP contribution in [0.5, 0.6) is 11.5 Å². The lowest BCUT2D eigenvalue weighted by Gasteiger charge is -2.22. The van der Waals surface area contributed by atoms with Crippen molar-refractivity contribution in [3.63, 3.8) is 0 Å². The van der Waals surface area contributed by atoms with Gasteiger partial charge in [-0.05, 0) is 99.0 Å². The standard InChI is InChI=1S/C52H54N4O/c1-33(2)49-48(36-19-15-12-16-20-36)50(34(3)4)56(54-49)40-28-39(52(8,9)10)29-42(31-40)57-41-22-23-43-44-27-37(35-17-13-11-14-18-35)21-24-45(44)55(46(43)32-41)47-30-38(25-26-53-47)51(5,6)7/h11-34H,1-10H3. The van der Waals surface area contributed by atoms with Gasteiger partial charge in [-0.25, -0.2) is 9.67 Å². The number of hydrogen-bond donors (Lipinski definition) is 0. The summed E-state index contributed by atoms with van der Waals surface area (Å²) in [7, 11) is 0. The maximum atomic E-state index is 6.94. The summed E-state index contributed by atoms with van der Waals surface area (Å²) in [5.74, 6) is 2.91. The Morgan fingerprint density at radius 1 is 0.544 bits per heavy atom. The topological polar surface area (TPSA) is 44.9 Å². The molecule has 0 saturated carbocycles. The lowest BCUT2D eigenvalue weighted by atomic mass is 9.86. The van der Waals surface area contributed by atoms with E-state index in [1.807, 2.05) is 6.20 Å². The normalized spacial score (nSPS) is 12.4. The third kappa shape index (κ3) is 7.28. The van der Waals surface area contributed by atoms with Crippen LogP contribution in [0.4, 0.5) is 0 Å². The number of pyridine rings is 1. The molecule has 0 radical (unpaired) electrons. The van der Waals surface area contributed by atoms with Crippen LogP contribution >= 0.6 is 0 Å². The van der Waals surface area contributed by atoms with Crippen molar-refractivity contribution >= 4 is 21.8 Å². The van der Waals surface area contributed by atoms with Gasteiger partial charge in [0, 0.05) is 34.7 Å². The third-order valence-corrected chi connectivity index (χ3v) is 11.0. The zero-order valence-corrected chi connectivity index (χ0v) is 35.1. The molecule has 3 heterocycles. The molecule has 5 aromatic carbocycles. The van der Waals surface area contributed by atoms with Crippen LogP contribution < -0.4 is 4.74 Å². The fourth-order valence-corrected chi connectivity index (χ4v) is 7.95. The summed E-state index contributed by atoms with van der Waals surface area (Å²) < 4.78 is 11.4. The second-order valence-corrected chi connectivity index (χ2v) is 18.1. The van der Waals surface area contributed by atoms with E-state index in [0.29, 0.717) is 0 Å². The Bertz CT molecular complexity index is 2720. The molecule has 0 amide bonds. The van der Waals surface area contributed by atoms with Crippen LogP contribution in [0.3, 0.4) is 0 Å². The highest BCUT2D eigenvalue weighted by atomic mass is 16.5. The lowest BCUT2D eigenvalue weighted by Crippen LogP contribution is -2.13. The minimum Gasteiger partial charge on any atom is -0.457 e. The van der Waals surface area contributed by atoms with Crippen LogP contribution in [-0.2, 0) is 10.8 Å². The summed E-state index contributed by atoms with van der Waals surface area (Å²) in [5, 5.41) is 7.69. The number of rotatable bonds is 8. The first kappa shape index (κ1) is 38.0. The molecule has 0 atom stereocenters. The Balaban J connectivity index is 1.30. The fourth-order valence-electron chi connectivity index (χ4n) is 7.95. The van der Waals surface area contributed by atoms with E-state index in [-0.39, 0.29) is 22.7 Å². The summed E-state index contributed by atoms with van der Waals surface area (Å²) in [5.41, 5.74) is 12.5. The van der Waals surface area contributed by atoms with Crippen LogP contribution in [0.1, 0.15) is 104 Å². The van der Waals surface area contributed by atoms with Gasteiger partial charge in [0.05, 0.1) is 28.1 Å². The average molecular weight is 751 g/mol. The number of fused-ring (bicyclic) bond motifs is 3. The van der Waals surface area contributed by atoms with Crippen LogP contribution in [0, 0.1) is 0 Å². The molecule has 0 N–H and O–H groups in total. The quantitative estimate of drug-likeness (QED) is 0.155. The van der Waals surface area contributed by atoms with Crippen molar-refractivity contribution in [2.45, 2.75) is 91.9 Å². The van der Waals surface area contributed by atoms with Crippen LogP contribution in [0.15, 0.2) is 134 Å². The van der Waals surface area contributed by atoms with E-state index in [0.717, 1.165) is 45.1 Å². The molecule has 0 aliphatic heterocycles. The number of hydrogen-bond acceptors (Lipinski definition) is 3. The lowest BCUT2D eigenvalue weighted by molar-refractivity contribution is 0.478. The van der Waals surface area contributed by atoms with Crippen LogP contribution in [-0.4, -0.2) is 19.3 Å². The van der Waals surface area contributed by atoms with Gasteiger partial charge < -0.3 is 4.74 Å². The summed E-state index contributed by atoms with van der Waals surface area (Å²) in [6.07, 6.45) is 1.93. The Morgan fingerprint density at radius 2 is 1.23 bits per heavy atom. The van der Waals surface area contributed by atoms with Crippen molar-refractivity contribution in [2.24, 2.45) is 0 Å². The zero-order valence-electron chi connectivity index (χ0n) is 35.1. The molecule has 0 fully saturated rings. The van der Waals surface area contributed by atoms with E-state index < -0.39 is 0 Å². The predicted molar refractivity (Wildman–Crippen MR) is 239 cm³/mol. The third-order valence-electron chi connectivity index (χ3n) is 11.0. The van der Waals surface area contributed by atoms with Gasteiger partial charge in [0.1, 0.15) is 17.3 Å². The number of benzene rings is 5. The molecule has 288 valence electrons. The maximum absolute atomic E-state index is 6.94. The van der Waals surface area contributed by atoms with Gasteiger partial charge >= 0.3 is 0 Å². The van der Waals surface area contributed by atoms with Gasteiger partial charge in [0.2, 0.25) is 0 Å². The Hall–Kier alpha value is -5.94. The van der Waals surface area contributed by atoms with Crippen LogP contribution in [0.25, 0.3) is 55.6 Å². The Kier molecular flexibility index (Phi) is 9.68. The molecular weight excluding hydrogens is 697 g/mol. The monoisotopic (exact) mass is 750 g/mol. The highest BCUT2D eigenvalue weighted by Crippen LogP contribution is 2.41. The smallest absolute Gasteiger partial charge is 0.137 e. The minimum absolute atomic E-state index is 0.0250. The molecule has 8 rings (SSSR count). The molecule has 57 heavy (non-hydrogen) atoms. The summed E-state index contributed by atoms with van der Waals surface area (Å²) in [4.78, 5) is 4.95. The number of aromatic nitrogens is 4. The van der Waals surface area contributed by atoms with Gasteiger partial charge in [-0.15, -0.1) is 0 Å². The van der Waals surface area contributed by atoms with E-state index in [4.69, 9.17) is 14.8 Å². The van der Waals surface area contributed by atoms with E-state index in [1.54, 1.807) is 0 Å². The summed E-state index contributed by atoms with van der Waals surface area (Å²) in [6, 6.07) is 45.5. The van der Waals surface area contributed by atoms with Crippen molar-refractivity contribution in [3.05, 3.63) is 156 Å². The first-order chi connectivity index (χ1) is 27.2. The SMILES string of the molecule is CC(C)c1nn(-c2cc(Oc3ccc4c5cc(-c6ccccc6)ccc5n(-c5cc(C(C)(C)C)ccn5)c4c3)cc(C(C)(C)C)c2)c(C(C)C)c1-c1ccccc1. The molecular formula is C52H54N4O. The Morgan fingerprint density at radius 3 is 1.88 bits per heavy atom. The first-order valence-electron chi connectivity index (χ1n) is 20.3. The molecule has 5 heteroatoms. The van der Waals surface area contributed by atoms with E-state index >= 15 is 0 Å². The van der Waals surface area contributed by atoms with Crippen LogP contribution in [0.2, 0.25) is 0 Å². The van der Waals surface area contributed by atoms with E-state index in [9.17, 15) is 0 Å². The second kappa shape index (κ2) is 14.5. The second-order valence-electron chi connectivity index (χ2n) is 18.1. The summed E-state index contributed by atoms with van der Waals surface area (Å²) in [6.45, 7) is 22.5. The molecule has 0 spiro atoms. The molecule has 8 aromatic rings. The van der Waals surface area contributed by atoms with Crippen molar-refractivity contribution in [3.8, 4) is 45.3 Å². The van der Waals surface area contributed by atoms with Gasteiger partial charge in [0.25, 0.3) is 0 Å².